The van der Waals surface area contributed by atoms with Crippen molar-refractivity contribution in [3.8, 4) is 0 Å². The molecule has 1 fully saturated rings. The van der Waals surface area contributed by atoms with E-state index in [1.54, 1.807) is 24.3 Å². The van der Waals surface area contributed by atoms with Crippen LogP contribution in [0.15, 0.2) is 36.5 Å². The lowest BCUT2D eigenvalue weighted by molar-refractivity contribution is -0.149. The van der Waals surface area contributed by atoms with Crippen LogP contribution in [0.4, 0.5) is 33.7 Å². The van der Waals surface area contributed by atoms with Crippen LogP contribution in [-0.2, 0) is 6.54 Å². The highest BCUT2D eigenvalue weighted by Crippen LogP contribution is 2.22. The highest BCUT2D eigenvalue weighted by molar-refractivity contribution is 5.99. The third-order valence-electron chi connectivity index (χ3n) is 4.76. The number of aromatic nitrogens is 1. The molecule has 2 N–H and O–H groups in total. The van der Waals surface area contributed by atoms with Gasteiger partial charge in [-0.25, -0.2) is 9.18 Å². The Balaban J connectivity index is 1.56. The molecule has 1 aromatic carbocycles. The Labute approximate surface area is 171 Å². The van der Waals surface area contributed by atoms with Gasteiger partial charge in [-0.15, -0.1) is 0 Å². The Hall–Kier alpha value is -2.72. The number of anilines is 2. The number of amides is 2. The molecule has 30 heavy (non-hydrogen) atoms. The highest BCUT2D eigenvalue weighted by Gasteiger charge is 2.32. The van der Waals surface area contributed by atoms with Crippen LogP contribution in [0.2, 0.25) is 0 Å². The van der Waals surface area contributed by atoms with E-state index in [0.29, 0.717) is 24.3 Å². The Bertz CT molecular complexity index is 864. The van der Waals surface area contributed by atoms with E-state index in [1.807, 2.05) is 11.8 Å². The van der Waals surface area contributed by atoms with E-state index in [4.69, 9.17) is 0 Å². The first-order valence-electron chi connectivity index (χ1n) is 9.49. The van der Waals surface area contributed by atoms with E-state index in [1.165, 1.54) is 17.2 Å². The number of hydrogen-bond donors (Lipinski definition) is 2. The van der Waals surface area contributed by atoms with Gasteiger partial charge in [-0.05, 0) is 25.1 Å². The van der Waals surface area contributed by atoms with Crippen LogP contribution in [-0.4, -0.2) is 59.7 Å². The molecule has 1 saturated heterocycles. The fourth-order valence-electron chi connectivity index (χ4n) is 3.22. The maximum atomic E-state index is 14.8. The Morgan fingerprint density at radius 1 is 1.07 bits per heavy atom. The molecule has 1 aliphatic rings. The number of aryl methyl sites for hydroxylation is 1. The van der Waals surface area contributed by atoms with Crippen molar-refractivity contribution in [1.82, 2.24) is 14.8 Å². The number of alkyl halides is 3. The summed E-state index contributed by atoms with van der Waals surface area (Å²) in [6.07, 6.45) is -2.72. The van der Waals surface area contributed by atoms with Gasteiger partial charge in [0.05, 0.1) is 24.1 Å². The Morgan fingerprint density at radius 3 is 2.40 bits per heavy atom. The van der Waals surface area contributed by atoms with E-state index in [-0.39, 0.29) is 25.3 Å². The number of piperazine rings is 1. The number of carbonyl (C=O) groups is 1. The van der Waals surface area contributed by atoms with Crippen molar-refractivity contribution in [2.24, 2.45) is 0 Å². The molecule has 0 radical (unpaired) electrons. The van der Waals surface area contributed by atoms with Gasteiger partial charge in [0, 0.05) is 44.0 Å². The van der Waals surface area contributed by atoms with Crippen molar-refractivity contribution in [1.29, 1.82) is 0 Å². The van der Waals surface area contributed by atoms with Crippen molar-refractivity contribution in [3.63, 3.8) is 0 Å². The third-order valence-corrected chi connectivity index (χ3v) is 4.76. The predicted molar refractivity (Wildman–Crippen MR) is 106 cm³/mol. The molecule has 10 heteroatoms. The SMILES string of the molecule is Cc1ccc(NC(=O)Nc2cccc(CN3CCN(CC(F)(F)F)CC3)c2F)cn1. The molecular weight excluding hydrogens is 402 g/mol. The first-order valence-corrected chi connectivity index (χ1v) is 9.49. The average molecular weight is 425 g/mol. The molecule has 3 rings (SSSR count). The summed E-state index contributed by atoms with van der Waals surface area (Å²) in [6, 6.07) is 7.51. The standard InChI is InChI=1S/C20H23F4N5O/c1-14-5-6-16(11-25-14)26-19(30)27-17-4-2-3-15(18(17)21)12-28-7-9-29(10-8-28)13-20(22,23)24/h2-6,11H,7-10,12-13H2,1H3,(H2,26,27,30). The van der Waals surface area contributed by atoms with Gasteiger partial charge in [0.15, 0.2) is 5.82 Å². The van der Waals surface area contributed by atoms with Crippen LogP contribution in [0.5, 0.6) is 0 Å². The number of nitrogens with zero attached hydrogens (tertiary/aromatic N) is 3. The van der Waals surface area contributed by atoms with Gasteiger partial charge in [0.2, 0.25) is 0 Å². The molecule has 1 aliphatic heterocycles. The number of nitrogens with one attached hydrogen (secondary N) is 2. The van der Waals surface area contributed by atoms with Crippen molar-refractivity contribution in [3.05, 3.63) is 53.6 Å². The van der Waals surface area contributed by atoms with Gasteiger partial charge in [-0.1, -0.05) is 12.1 Å². The van der Waals surface area contributed by atoms with Gasteiger partial charge in [0.1, 0.15) is 0 Å². The topological polar surface area (TPSA) is 60.5 Å². The van der Waals surface area contributed by atoms with Crippen LogP contribution >= 0.6 is 0 Å². The lowest BCUT2D eigenvalue weighted by Crippen LogP contribution is -2.48. The molecule has 0 unspecified atom stereocenters. The fourth-order valence-corrected chi connectivity index (χ4v) is 3.22. The summed E-state index contributed by atoms with van der Waals surface area (Å²) in [6.45, 7) is 2.51. The molecule has 0 bridgehead atoms. The van der Waals surface area contributed by atoms with Gasteiger partial charge in [-0.3, -0.25) is 14.8 Å². The highest BCUT2D eigenvalue weighted by atomic mass is 19.4. The molecule has 2 aromatic rings. The average Bonchev–Trinajstić information content (AvgIpc) is 2.67. The summed E-state index contributed by atoms with van der Waals surface area (Å²) in [5.41, 5.74) is 1.68. The molecule has 6 nitrogen and oxygen atoms in total. The van der Waals surface area contributed by atoms with Gasteiger partial charge < -0.3 is 10.6 Å². The van der Waals surface area contributed by atoms with E-state index in [0.717, 1.165) is 5.69 Å². The quantitative estimate of drug-likeness (QED) is 0.715. The second-order valence-electron chi connectivity index (χ2n) is 7.21. The molecule has 2 heterocycles. The Morgan fingerprint density at radius 2 is 1.77 bits per heavy atom. The monoisotopic (exact) mass is 425 g/mol. The van der Waals surface area contributed by atoms with Crippen LogP contribution in [0, 0.1) is 12.7 Å². The summed E-state index contributed by atoms with van der Waals surface area (Å²) >= 11 is 0. The van der Waals surface area contributed by atoms with Crippen molar-refractivity contribution >= 4 is 17.4 Å². The van der Waals surface area contributed by atoms with Crippen LogP contribution < -0.4 is 10.6 Å². The molecule has 2 amide bonds. The van der Waals surface area contributed by atoms with E-state index in [2.05, 4.69) is 15.6 Å². The molecule has 162 valence electrons. The number of benzene rings is 1. The van der Waals surface area contributed by atoms with Gasteiger partial charge >= 0.3 is 12.2 Å². The smallest absolute Gasteiger partial charge is 0.306 e. The van der Waals surface area contributed by atoms with Crippen LogP contribution in [0.1, 0.15) is 11.3 Å². The van der Waals surface area contributed by atoms with E-state index < -0.39 is 24.6 Å². The second kappa shape index (κ2) is 9.40. The molecule has 0 saturated carbocycles. The number of pyridine rings is 1. The zero-order chi connectivity index (χ0) is 21.7. The fraction of sp³-hybridized carbons (Fsp3) is 0.400. The second-order valence-corrected chi connectivity index (χ2v) is 7.21. The normalized spacial score (nSPS) is 15.8. The zero-order valence-electron chi connectivity index (χ0n) is 16.5. The number of urea groups is 1. The Kier molecular flexibility index (Phi) is 6.88. The summed E-state index contributed by atoms with van der Waals surface area (Å²) in [7, 11) is 0. The first kappa shape index (κ1) is 22.0. The van der Waals surface area contributed by atoms with Crippen molar-refractivity contribution in [2.75, 3.05) is 43.4 Å². The maximum absolute atomic E-state index is 14.8. The largest absolute Gasteiger partial charge is 0.401 e. The lowest BCUT2D eigenvalue weighted by Gasteiger charge is -2.35. The van der Waals surface area contributed by atoms with Crippen molar-refractivity contribution in [2.45, 2.75) is 19.6 Å². The summed E-state index contributed by atoms with van der Waals surface area (Å²) < 4.78 is 52.3. The van der Waals surface area contributed by atoms with Crippen LogP contribution in [0.25, 0.3) is 0 Å². The van der Waals surface area contributed by atoms with Crippen LogP contribution in [0.3, 0.4) is 0 Å². The summed E-state index contributed by atoms with van der Waals surface area (Å²) in [4.78, 5) is 19.5. The minimum atomic E-state index is -4.22. The molecule has 0 aliphatic carbocycles. The number of carbonyl (C=O) groups excluding carboxylic acids is 1. The van der Waals surface area contributed by atoms with E-state index in [9.17, 15) is 22.4 Å². The van der Waals surface area contributed by atoms with Gasteiger partial charge in [0.25, 0.3) is 0 Å². The minimum absolute atomic E-state index is 0.0285. The van der Waals surface area contributed by atoms with E-state index >= 15 is 0 Å². The molecule has 0 atom stereocenters. The minimum Gasteiger partial charge on any atom is -0.306 e. The summed E-state index contributed by atoms with van der Waals surface area (Å²) in [5.74, 6) is -0.563. The first-order chi connectivity index (χ1) is 14.2. The maximum Gasteiger partial charge on any atom is 0.401 e. The van der Waals surface area contributed by atoms with Gasteiger partial charge in [-0.2, -0.15) is 13.2 Å². The predicted octanol–water partition coefficient (Wildman–Crippen LogP) is 3.85. The lowest BCUT2D eigenvalue weighted by atomic mass is 10.1. The zero-order valence-corrected chi connectivity index (χ0v) is 16.5. The number of hydrogen-bond acceptors (Lipinski definition) is 4. The molecule has 1 aromatic heterocycles. The third kappa shape index (κ3) is 6.39. The molecular formula is C20H23F4N5O. The molecule has 0 spiro atoms. The summed E-state index contributed by atoms with van der Waals surface area (Å²) in [5, 5.41) is 5.06. The number of halogens is 4. The van der Waals surface area contributed by atoms with Crippen molar-refractivity contribution < 1.29 is 22.4 Å². The number of rotatable bonds is 5.